The van der Waals surface area contributed by atoms with Crippen molar-refractivity contribution in [2.45, 2.75) is 13.0 Å². The summed E-state index contributed by atoms with van der Waals surface area (Å²) in [6.45, 7) is 1.59. The summed E-state index contributed by atoms with van der Waals surface area (Å²) in [5, 5.41) is 2.97. The number of nitrogens with two attached hydrogens (primary N) is 1. The molecule has 6 heteroatoms. The molecule has 3 nitrogen and oxygen atoms in total. The summed E-state index contributed by atoms with van der Waals surface area (Å²) < 4.78 is 13.3. The minimum absolute atomic E-state index is 0.190. The Morgan fingerprint density at radius 2 is 2.27 bits per heavy atom. The normalized spacial score (nSPS) is 12.3. The second-order valence-corrected chi connectivity index (χ2v) is 4.27. The zero-order chi connectivity index (χ0) is 11.6. The van der Waals surface area contributed by atoms with Crippen LogP contribution in [-0.4, -0.2) is 11.9 Å². The average molecular weight is 296 g/mol. The molecule has 0 radical (unpaired) electrons. The molecular formula is C9H9BrClFN2O. The van der Waals surface area contributed by atoms with Crippen molar-refractivity contribution in [3.8, 4) is 0 Å². The second-order valence-electron chi connectivity index (χ2n) is 3.01. The predicted octanol–water partition coefficient (Wildman–Crippen LogP) is 2.53. The fourth-order valence-electron chi connectivity index (χ4n) is 0.968. The molecule has 15 heavy (non-hydrogen) atoms. The van der Waals surface area contributed by atoms with Gasteiger partial charge in [-0.25, -0.2) is 4.39 Å². The maximum atomic E-state index is 12.9. The Kier molecular flexibility index (Phi) is 3.93. The number of hydrogen-bond acceptors (Lipinski definition) is 2. The van der Waals surface area contributed by atoms with E-state index in [1.807, 2.05) is 0 Å². The molecule has 0 aromatic heterocycles. The van der Waals surface area contributed by atoms with Gasteiger partial charge in [-0.2, -0.15) is 0 Å². The van der Waals surface area contributed by atoms with E-state index in [2.05, 4.69) is 21.2 Å². The first-order valence-corrected chi connectivity index (χ1v) is 5.29. The largest absolute Gasteiger partial charge is 0.372 e. The van der Waals surface area contributed by atoms with Gasteiger partial charge < -0.3 is 11.1 Å². The summed E-state index contributed by atoms with van der Waals surface area (Å²) in [6.07, 6.45) is 0. The third-order valence-corrected chi connectivity index (χ3v) is 2.72. The molecule has 0 saturated carbocycles. The molecule has 3 N–H and O–H groups in total. The van der Waals surface area contributed by atoms with E-state index in [9.17, 15) is 9.18 Å². The Labute approximate surface area is 99.9 Å². The molecule has 0 aliphatic carbocycles. The number of carbonyl (C=O) groups excluding carboxylic acids is 1. The zero-order valence-corrected chi connectivity index (χ0v) is 10.2. The van der Waals surface area contributed by atoms with Crippen molar-refractivity contribution in [1.29, 1.82) is 0 Å². The number of halogens is 3. The number of carbonyl (C=O) groups is 1. The van der Waals surface area contributed by atoms with Crippen LogP contribution < -0.4 is 11.1 Å². The van der Waals surface area contributed by atoms with E-state index >= 15 is 0 Å². The molecule has 1 amide bonds. The highest BCUT2D eigenvalue weighted by atomic mass is 79.9. The Morgan fingerprint density at radius 3 is 2.73 bits per heavy atom. The van der Waals surface area contributed by atoms with E-state index in [1.54, 1.807) is 6.92 Å². The Balaban J connectivity index is 3.00. The summed E-state index contributed by atoms with van der Waals surface area (Å²) in [6, 6.07) is 1.83. The number of hydrogen-bond donors (Lipinski definition) is 2. The molecule has 0 spiro atoms. The fourth-order valence-corrected chi connectivity index (χ4v) is 1.89. The van der Waals surface area contributed by atoms with Crippen LogP contribution in [0.2, 0.25) is 5.02 Å². The molecule has 0 fully saturated rings. The summed E-state index contributed by atoms with van der Waals surface area (Å²) in [4.78, 5) is 10.8. The van der Waals surface area contributed by atoms with Gasteiger partial charge in [0.1, 0.15) is 11.9 Å². The van der Waals surface area contributed by atoms with Gasteiger partial charge in [0.2, 0.25) is 5.91 Å². The van der Waals surface area contributed by atoms with Crippen molar-refractivity contribution in [1.82, 2.24) is 0 Å². The van der Waals surface area contributed by atoms with E-state index in [4.69, 9.17) is 17.3 Å². The molecule has 1 aromatic carbocycles. The average Bonchev–Trinajstić information content (AvgIpc) is 2.10. The lowest BCUT2D eigenvalue weighted by atomic mass is 10.2. The van der Waals surface area contributed by atoms with E-state index < -0.39 is 17.8 Å². The van der Waals surface area contributed by atoms with E-state index in [0.717, 1.165) is 6.07 Å². The van der Waals surface area contributed by atoms with Crippen LogP contribution in [0, 0.1) is 5.82 Å². The van der Waals surface area contributed by atoms with Gasteiger partial charge in [0.05, 0.1) is 10.7 Å². The van der Waals surface area contributed by atoms with Gasteiger partial charge in [0, 0.05) is 4.47 Å². The van der Waals surface area contributed by atoms with Crippen LogP contribution in [0.5, 0.6) is 0 Å². The summed E-state index contributed by atoms with van der Waals surface area (Å²) in [5.41, 5.74) is 5.53. The van der Waals surface area contributed by atoms with Crippen LogP contribution in [-0.2, 0) is 4.79 Å². The molecule has 0 aliphatic rings. The van der Waals surface area contributed by atoms with Gasteiger partial charge in [0.15, 0.2) is 0 Å². The topological polar surface area (TPSA) is 55.1 Å². The van der Waals surface area contributed by atoms with Crippen molar-refractivity contribution in [2.75, 3.05) is 5.32 Å². The maximum Gasteiger partial charge on any atom is 0.239 e. The first kappa shape index (κ1) is 12.3. The number of rotatable bonds is 3. The minimum atomic E-state index is -0.579. The lowest BCUT2D eigenvalue weighted by Crippen LogP contribution is -2.32. The molecule has 1 atom stereocenters. The van der Waals surface area contributed by atoms with Crippen LogP contribution >= 0.6 is 27.5 Å². The van der Waals surface area contributed by atoms with Crippen molar-refractivity contribution in [2.24, 2.45) is 5.73 Å². The van der Waals surface area contributed by atoms with Crippen LogP contribution in [0.15, 0.2) is 16.6 Å². The smallest absolute Gasteiger partial charge is 0.239 e. The Hall–Kier alpha value is -0.810. The minimum Gasteiger partial charge on any atom is -0.372 e. The molecular weight excluding hydrogens is 286 g/mol. The molecule has 1 unspecified atom stereocenters. The quantitative estimate of drug-likeness (QED) is 0.900. The van der Waals surface area contributed by atoms with E-state index in [1.165, 1.54) is 6.07 Å². The molecule has 82 valence electrons. The second kappa shape index (κ2) is 4.81. The fraction of sp³-hybridized carbons (Fsp3) is 0.222. The van der Waals surface area contributed by atoms with Crippen LogP contribution in [0.25, 0.3) is 0 Å². The van der Waals surface area contributed by atoms with Crippen LogP contribution in [0.1, 0.15) is 6.92 Å². The summed E-state index contributed by atoms with van der Waals surface area (Å²) >= 11 is 8.94. The molecule has 0 bridgehead atoms. The van der Waals surface area contributed by atoms with Crippen molar-refractivity contribution < 1.29 is 9.18 Å². The Bertz CT molecular complexity index is 377. The van der Waals surface area contributed by atoms with Gasteiger partial charge in [-0.05, 0) is 35.0 Å². The number of primary amides is 1. The van der Waals surface area contributed by atoms with Crippen LogP contribution in [0.4, 0.5) is 10.1 Å². The third kappa shape index (κ3) is 3.07. The van der Waals surface area contributed by atoms with Crippen molar-refractivity contribution in [3.05, 3.63) is 27.4 Å². The molecule has 0 heterocycles. The van der Waals surface area contributed by atoms with E-state index in [-0.39, 0.29) is 5.02 Å². The monoisotopic (exact) mass is 294 g/mol. The Morgan fingerprint density at radius 1 is 1.67 bits per heavy atom. The number of anilines is 1. The maximum absolute atomic E-state index is 12.9. The number of amides is 1. The highest BCUT2D eigenvalue weighted by Crippen LogP contribution is 2.32. The van der Waals surface area contributed by atoms with E-state index in [0.29, 0.717) is 10.2 Å². The molecule has 0 saturated heterocycles. The van der Waals surface area contributed by atoms with Crippen molar-refractivity contribution >= 4 is 39.1 Å². The molecule has 1 aromatic rings. The molecule has 1 rings (SSSR count). The van der Waals surface area contributed by atoms with Gasteiger partial charge >= 0.3 is 0 Å². The van der Waals surface area contributed by atoms with Gasteiger partial charge in [-0.3, -0.25) is 4.79 Å². The van der Waals surface area contributed by atoms with Gasteiger partial charge in [-0.15, -0.1) is 0 Å². The van der Waals surface area contributed by atoms with Crippen LogP contribution in [0.3, 0.4) is 0 Å². The van der Waals surface area contributed by atoms with Gasteiger partial charge in [0.25, 0.3) is 0 Å². The lowest BCUT2D eigenvalue weighted by Gasteiger charge is -2.14. The highest BCUT2D eigenvalue weighted by molar-refractivity contribution is 9.10. The predicted molar refractivity (Wildman–Crippen MR) is 61.4 cm³/mol. The summed E-state index contributed by atoms with van der Waals surface area (Å²) in [7, 11) is 0. The standard InChI is InChI=1S/C9H9BrClFN2O/c1-4(9(13)15)14-8-6(10)2-5(12)3-7(8)11/h2-4,14H,1H3,(H2,13,15). The zero-order valence-electron chi connectivity index (χ0n) is 7.85. The SMILES string of the molecule is CC(Nc1c(Cl)cc(F)cc1Br)C(N)=O. The first-order chi connectivity index (χ1) is 6.91. The molecule has 0 aliphatic heterocycles. The summed E-state index contributed by atoms with van der Waals surface area (Å²) in [5.74, 6) is -0.966. The highest BCUT2D eigenvalue weighted by Gasteiger charge is 2.13. The van der Waals surface area contributed by atoms with Crippen molar-refractivity contribution in [3.63, 3.8) is 0 Å². The first-order valence-electron chi connectivity index (χ1n) is 4.12. The number of benzene rings is 1. The number of nitrogens with one attached hydrogen (secondary N) is 1. The lowest BCUT2D eigenvalue weighted by molar-refractivity contribution is -0.118. The van der Waals surface area contributed by atoms with Gasteiger partial charge in [-0.1, -0.05) is 11.6 Å². The third-order valence-electron chi connectivity index (χ3n) is 1.79.